The summed E-state index contributed by atoms with van der Waals surface area (Å²) in [4.78, 5) is 17.5. The van der Waals surface area contributed by atoms with Crippen molar-refractivity contribution < 1.29 is 13.9 Å². The van der Waals surface area contributed by atoms with Crippen LogP contribution in [0.4, 0.5) is 0 Å². The molecule has 17 heavy (non-hydrogen) atoms. The topological polar surface area (TPSA) is 67.6 Å². The Bertz CT molecular complexity index is 385. The lowest BCUT2D eigenvalue weighted by Gasteiger charge is -2.27. The summed E-state index contributed by atoms with van der Waals surface area (Å²) in [5.41, 5.74) is 0.615. The molecule has 1 aliphatic heterocycles. The van der Waals surface area contributed by atoms with Gasteiger partial charge in [0, 0.05) is 26.7 Å². The number of nitrogens with zero attached hydrogens (tertiary/aromatic N) is 2. The van der Waals surface area contributed by atoms with Crippen molar-refractivity contribution in [1.29, 1.82) is 0 Å². The van der Waals surface area contributed by atoms with Crippen molar-refractivity contribution in [2.45, 2.75) is 13.0 Å². The maximum absolute atomic E-state index is 12.0. The zero-order valence-electron chi connectivity index (χ0n) is 10.1. The molecule has 1 N–H and O–H groups in total. The van der Waals surface area contributed by atoms with Crippen molar-refractivity contribution in [1.82, 2.24) is 15.2 Å². The Balaban J connectivity index is 1.93. The van der Waals surface area contributed by atoms with Gasteiger partial charge in [-0.15, -0.1) is 0 Å². The lowest BCUT2D eigenvalue weighted by atomic mass is 10.2. The SMILES string of the molecule is Cc1ncoc1C(=O)N(C)CC1CNCCO1. The number of rotatable bonds is 3. The zero-order chi connectivity index (χ0) is 12.3. The first kappa shape index (κ1) is 12.1. The van der Waals surface area contributed by atoms with Crippen molar-refractivity contribution >= 4 is 5.91 Å². The summed E-state index contributed by atoms with van der Waals surface area (Å²) >= 11 is 0. The van der Waals surface area contributed by atoms with Gasteiger partial charge in [-0.3, -0.25) is 4.79 Å². The summed E-state index contributed by atoms with van der Waals surface area (Å²) in [6, 6.07) is 0. The summed E-state index contributed by atoms with van der Waals surface area (Å²) in [6.45, 7) is 4.63. The highest BCUT2D eigenvalue weighted by molar-refractivity contribution is 5.92. The Morgan fingerprint density at radius 3 is 3.12 bits per heavy atom. The van der Waals surface area contributed by atoms with Gasteiger partial charge >= 0.3 is 0 Å². The standard InChI is InChI=1S/C11H17N3O3/c1-8-10(17-7-13-8)11(15)14(2)6-9-5-12-3-4-16-9/h7,9,12H,3-6H2,1-2H3. The molecule has 0 radical (unpaired) electrons. The average molecular weight is 239 g/mol. The lowest BCUT2D eigenvalue weighted by Crippen LogP contribution is -2.45. The zero-order valence-corrected chi connectivity index (χ0v) is 10.1. The summed E-state index contributed by atoms with van der Waals surface area (Å²) in [6.07, 6.45) is 1.33. The van der Waals surface area contributed by atoms with Gasteiger partial charge < -0.3 is 19.4 Å². The smallest absolute Gasteiger partial charge is 0.291 e. The molecule has 0 aromatic carbocycles. The highest BCUT2D eigenvalue weighted by atomic mass is 16.5. The number of ether oxygens (including phenoxy) is 1. The van der Waals surface area contributed by atoms with Crippen molar-refractivity contribution in [3.8, 4) is 0 Å². The van der Waals surface area contributed by atoms with Crippen LogP contribution in [0.25, 0.3) is 0 Å². The fourth-order valence-electron chi connectivity index (χ4n) is 1.81. The first-order valence-electron chi connectivity index (χ1n) is 5.66. The van der Waals surface area contributed by atoms with Gasteiger partial charge in [-0.1, -0.05) is 0 Å². The van der Waals surface area contributed by atoms with Gasteiger partial charge in [-0.05, 0) is 6.92 Å². The fourth-order valence-corrected chi connectivity index (χ4v) is 1.81. The highest BCUT2D eigenvalue weighted by Crippen LogP contribution is 2.09. The van der Waals surface area contributed by atoms with Crippen molar-refractivity contribution in [2.75, 3.05) is 33.3 Å². The molecular formula is C11H17N3O3. The third-order valence-corrected chi connectivity index (χ3v) is 2.77. The van der Waals surface area contributed by atoms with Crippen LogP contribution in [-0.4, -0.2) is 55.2 Å². The number of oxazole rings is 1. The molecule has 1 unspecified atom stereocenters. The Labute approximate surface area is 99.9 Å². The molecule has 0 bridgehead atoms. The molecule has 1 amide bonds. The monoisotopic (exact) mass is 239 g/mol. The quantitative estimate of drug-likeness (QED) is 0.807. The summed E-state index contributed by atoms with van der Waals surface area (Å²) in [5, 5.41) is 3.23. The third kappa shape index (κ3) is 2.83. The number of amides is 1. The van der Waals surface area contributed by atoms with Gasteiger partial charge in [0.05, 0.1) is 18.4 Å². The molecule has 1 fully saturated rings. The van der Waals surface area contributed by atoms with Gasteiger partial charge in [0.25, 0.3) is 5.91 Å². The van der Waals surface area contributed by atoms with E-state index in [0.29, 0.717) is 24.6 Å². The van der Waals surface area contributed by atoms with E-state index in [4.69, 9.17) is 9.15 Å². The van der Waals surface area contributed by atoms with E-state index in [9.17, 15) is 4.79 Å². The van der Waals surface area contributed by atoms with Gasteiger partial charge in [-0.25, -0.2) is 4.98 Å². The van der Waals surface area contributed by atoms with Gasteiger partial charge in [-0.2, -0.15) is 0 Å². The van der Waals surface area contributed by atoms with Gasteiger partial charge in [0.1, 0.15) is 0 Å². The maximum Gasteiger partial charge on any atom is 0.291 e. The second-order valence-electron chi connectivity index (χ2n) is 4.15. The Morgan fingerprint density at radius 1 is 1.71 bits per heavy atom. The number of morpholine rings is 1. The number of hydrogen-bond acceptors (Lipinski definition) is 5. The maximum atomic E-state index is 12.0. The van der Waals surface area contributed by atoms with Crippen LogP contribution in [0.3, 0.4) is 0 Å². The first-order valence-corrected chi connectivity index (χ1v) is 5.66. The number of nitrogens with one attached hydrogen (secondary N) is 1. The molecule has 2 heterocycles. The fraction of sp³-hybridized carbons (Fsp3) is 0.636. The van der Waals surface area contributed by atoms with Crippen molar-refractivity contribution in [3.05, 3.63) is 17.8 Å². The molecule has 1 aliphatic rings. The van der Waals surface area contributed by atoms with Gasteiger partial charge in [0.2, 0.25) is 5.76 Å². The molecule has 0 spiro atoms. The minimum absolute atomic E-state index is 0.0425. The molecular weight excluding hydrogens is 222 g/mol. The minimum atomic E-state index is -0.158. The van der Waals surface area contributed by atoms with E-state index in [2.05, 4.69) is 10.3 Å². The minimum Gasteiger partial charge on any atom is -0.438 e. The van der Waals surface area contributed by atoms with Crippen LogP contribution < -0.4 is 5.32 Å². The van der Waals surface area contributed by atoms with Crippen LogP contribution >= 0.6 is 0 Å². The predicted octanol–water partition coefficient (Wildman–Crippen LogP) is 0.0434. The second-order valence-corrected chi connectivity index (χ2v) is 4.15. The van der Waals surface area contributed by atoms with E-state index in [1.54, 1.807) is 18.9 Å². The predicted molar refractivity (Wildman–Crippen MR) is 60.8 cm³/mol. The Kier molecular flexibility index (Phi) is 3.75. The van der Waals surface area contributed by atoms with E-state index < -0.39 is 0 Å². The Morgan fingerprint density at radius 2 is 2.53 bits per heavy atom. The molecule has 0 saturated carbocycles. The van der Waals surface area contributed by atoms with Crippen LogP contribution in [0.1, 0.15) is 16.2 Å². The number of likely N-dealkylation sites (N-methyl/N-ethyl adjacent to an activating group) is 1. The largest absolute Gasteiger partial charge is 0.438 e. The van der Waals surface area contributed by atoms with Crippen LogP contribution in [0.5, 0.6) is 0 Å². The summed E-state index contributed by atoms with van der Waals surface area (Å²) in [7, 11) is 1.74. The van der Waals surface area contributed by atoms with E-state index in [-0.39, 0.29) is 12.0 Å². The Hall–Kier alpha value is -1.40. The molecule has 6 heteroatoms. The van der Waals surface area contributed by atoms with E-state index >= 15 is 0 Å². The van der Waals surface area contributed by atoms with E-state index in [1.807, 2.05) is 0 Å². The highest BCUT2D eigenvalue weighted by Gasteiger charge is 2.22. The molecule has 6 nitrogen and oxygen atoms in total. The molecule has 1 aromatic heterocycles. The number of aryl methyl sites for hydroxylation is 1. The molecule has 1 aromatic rings. The number of aromatic nitrogens is 1. The van der Waals surface area contributed by atoms with E-state index in [0.717, 1.165) is 13.1 Å². The van der Waals surface area contributed by atoms with Crippen LogP contribution in [-0.2, 0) is 4.74 Å². The third-order valence-electron chi connectivity index (χ3n) is 2.77. The van der Waals surface area contributed by atoms with Crippen LogP contribution in [0, 0.1) is 6.92 Å². The molecule has 0 aliphatic carbocycles. The molecule has 1 atom stereocenters. The second kappa shape index (κ2) is 5.29. The van der Waals surface area contributed by atoms with E-state index in [1.165, 1.54) is 6.39 Å². The molecule has 94 valence electrons. The van der Waals surface area contributed by atoms with Crippen LogP contribution in [0.2, 0.25) is 0 Å². The normalized spacial score (nSPS) is 20.2. The summed E-state index contributed by atoms with van der Waals surface area (Å²) < 4.78 is 10.6. The van der Waals surface area contributed by atoms with Gasteiger partial charge in [0.15, 0.2) is 6.39 Å². The number of carbonyl (C=O) groups is 1. The number of carbonyl (C=O) groups excluding carboxylic acids is 1. The first-order chi connectivity index (χ1) is 8.18. The van der Waals surface area contributed by atoms with Crippen molar-refractivity contribution in [2.24, 2.45) is 0 Å². The summed E-state index contributed by atoms with van der Waals surface area (Å²) in [5.74, 6) is 0.144. The molecule has 1 saturated heterocycles. The van der Waals surface area contributed by atoms with Crippen molar-refractivity contribution in [3.63, 3.8) is 0 Å². The number of hydrogen-bond donors (Lipinski definition) is 1. The average Bonchev–Trinajstić information content (AvgIpc) is 2.76. The molecule has 2 rings (SSSR count). The van der Waals surface area contributed by atoms with Crippen LogP contribution in [0.15, 0.2) is 10.8 Å². The lowest BCUT2D eigenvalue weighted by molar-refractivity contribution is 0.00969.